The molecule has 1 aromatic rings. The number of nitrogens with zero attached hydrogens (tertiary/aromatic N) is 1. The van der Waals surface area contributed by atoms with E-state index in [1.165, 1.54) is 12.1 Å². The van der Waals surface area contributed by atoms with Crippen LogP contribution in [-0.4, -0.2) is 17.5 Å². The zero-order chi connectivity index (χ0) is 12.8. The molecule has 5 nitrogen and oxygen atoms in total. The second kappa shape index (κ2) is 6.15. The van der Waals surface area contributed by atoms with Crippen LogP contribution in [0.4, 0.5) is 5.69 Å². The minimum absolute atomic E-state index is 0.00871. The van der Waals surface area contributed by atoms with E-state index in [1.807, 2.05) is 0 Å². The predicted octanol–water partition coefficient (Wildman–Crippen LogP) is 2.89. The number of rotatable bonds is 4. The summed E-state index contributed by atoms with van der Waals surface area (Å²) in [4.78, 5) is 21.2. The molecule has 90 valence electrons. The highest BCUT2D eigenvalue weighted by molar-refractivity contribution is 9.12. The first-order valence-corrected chi connectivity index (χ1v) is 5.62. The van der Waals surface area contributed by atoms with Crippen molar-refractivity contribution >= 4 is 33.7 Å². The SMILES string of the molecule is CCOC(=O)/C(Br)=C/c1ccc([N+](=O)[O-])cc1. The van der Waals surface area contributed by atoms with Crippen molar-refractivity contribution in [2.45, 2.75) is 6.92 Å². The van der Waals surface area contributed by atoms with Gasteiger partial charge in [-0.25, -0.2) is 4.79 Å². The maximum atomic E-state index is 11.3. The molecule has 0 radical (unpaired) electrons. The maximum Gasteiger partial charge on any atom is 0.345 e. The topological polar surface area (TPSA) is 69.4 Å². The average Bonchev–Trinajstić information content (AvgIpc) is 2.30. The van der Waals surface area contributed by atoms with Crippen LogP contribution in [0.25, 0.3) is 6.08 Å². The molecule has 6 heteroatoms. The smallest absolute Gasteiger partial charge is 0.345 e. The zero-order valence-electron chi connectivity index (χ0n) is 9.05. The number of hydrogen-bond donors (Lipinski definition) is 0. The molecule has 0 heterocycles. The van der Waals surface area contributed by atoms with E-state index in [9.17, 15) is 14.9 Å². The van der Waals surface area contributed by atoms with E-state index in [4.69, 9.17) is 4.74 Å². The molecule has 0 spiro atoms. The van der Waals surface area contributed by atoms with Gasteiger partial charge in [0.1, 0.15) is 4.48 Å². The molecule has 0 saturated heterocycles. The molecule has 0 fully saturated rings. The van der Waals surface area contributed by atoms with Gasteiger partial charge in [0.25, 0.3) is 5.69 Å². The van der Waals surface area contributed by atoms with Gasteiger partial charge in [-0.3, -0.25) is 10.1 Å². The van der Waals surface area contributed by atoms with Crippen molar-refractivity contribution in [1.82, 2.24) is 0 Å². The second-order valence-electron chi connectivity index (χ2n) is 3.06. The molecule has 0 amide bonds. The highest BCUT2D eigenvalue weighted by Crippen LogP contribution is 2.17. The molecule has 0 atom stereocenters. The summed E-state index contributed by atoms with van der Waals surface area (Å²) in [5.74, 6) is -0.467. The van der Waals surface area contributed by atoms with Crippen LogP contribution >= 0.6 is 15.9 Å². The van der Waals surface area contributed by atoms with Crippen molar-refractivity contribution < 1.29 is 14.5 Å². The zero-order valence-corrected chi connectivity index (χ0v) is 10.6. The van der Waals surface area contributed by atoms with Crippen LogP contribution in [0.15, 0.2) is 28.7 Å². The van der Waals surface area contributed by atoms with E-state index in [0.717, 1.165) is 0 Å². The lowest BCUT2D eigenvalue weighted by Gasteiger charge is -2.00. The van der Waals surface area contributed by atoms with Crippen LogP contribution in [-0.2, 0) is 9.53 Å². The molecule has 0 bridgehead atoms. The Labute approximate surface area is 106 Å². The Bertz CT molecular complexity index is 453. The lowest BCUT2D eigenvalue weighted by molar-refractivity contribution is -0.384. The summed E-state index contributed by atoms with van der Waals surface area (Å²) in [5.41, 5.74) is 0.685. The Hall–Kier alpha value is -1.69. The normalized spacial score (nSPS) is 11.1. The monoisotopic (exact) mass is 299 g/mol. The summed E-state index contributed by atoms with van der Waals surface area (Å²) in [6, 6.07) is 5.85. The second-order valence-corrected chi connectivity index (χ2v) is 3.92. The van der Waals surface area contributed by atoms with Gasteiger partial charge in [-0.2, -0.15) is 0 Å². The van der Waals surface area contributed by atoms with Crippen LogP contribution in [0.1, 0.15) is 12.5 Å². The van der Waals surface area contributed by atoms with E-state index in [0.29, 0.717) is 12.2 Å². The summed E-state index contributed by atoms with van der Waals surface area (Å²) < 4.78 is 5.05. The molecule has 1 aromatic carbocycles. The van der Waals surface area contributed by atoms with Crippen molar-refractivity contribution in [2.24, 2.45) is 0 Å². The molecule has 17 heavy (non-hydrogen) atoms. The Kier molecular flexibility index (Phi) is 4.84. The average molecular weight is 300 g/mol. The molecule has 0 aliphatic rings. The number of nitro benzene ring substituents is 1. The number of hydrogen-bond acceptors (Lipinski definition) is 4. The van der Waals surface area contributed by atoms with Crippen LogP contribution in [0, 0.1) is 10.1 Å². The Morgan fingerprint density at radius 1 is 1.47 bits per heavy atom. The van der Waals surface area contributed by atoms with Gasteiger partial charge in [-0.05, 0) is 46.6 Å². The van der Waals surface area contributed by atoms with Crippen molar-refractivity contribution in [3.05, 3.63) is 44.4 Å². The molecule has 1 rings (SSSR count). The predicted molar refractivity (Wildman–Crippen MR) is 66.6 cm³/mol. The molecular weight excluding hydrogens is 290 g/mol. The number of esters is 1. The summed E-state index contributed by atoms with van der Waals surface area (Å²) >= 11 is 3.08. The summed E-state index contributed by atoms with van der Waals surface area (Å²) in [6.45, 7) is 2.01. The highest BCUT2D eigenvalue weighted by Gasteiger charge is 2.07. The van der Waals surface area contributed by atoms with E-state index in [1.54, 1.807) is 25.1 Å². The van der Waals surface area contributed by atoms with Gasteiger partial charge in [0.05, 0.1) is 11.5 Å². The van der Waals surface area contributed by atoms with Crippen molar-refractivity contribution in [1.29, 1.82) is 0 Å². The minimum atomic E-state index is -0.478. The third-order valence-electron chi connectivity index (χ3n) is 1.87. The summed E-state index contributed by atoms with van der Waals surface area (Å²) in [5, 5.41) is 10.4. The van der Waals surface area contributed by atoms with Gasteiger partial charge in [0, 0.05) is 12.1 Å². The first kappa shape index (κ1) is 13.4. The molecule has 0 aromatic heterocycles. The molecule has 0 N–H and O–H groups in total. The molecule has 0 unspecified atom stereocenters. The highest BCUT2D eigenvalue weighted by atomic mass is 79.9. The lowest BCUT2D eigenvalue weighted by atomic mass is 10.2. The minimum Gasteiger partial charge on any atom is -0.462 e. The first-order chi connectivity index (χ1) is 8.04. The lowest BCUT2D eigenvalue weighted by Crippen LogP contribution is -2.02. The van der Waals surface area contributed by atoms with Crippen molar-refractivity contribution in [2.75, 3.05) is 6.61 Å². The van der Waals surface area contributed by atoms with E-state index >= 15 is 0 Å². The molecule has 0 aliphatic carbocycles. The van der Waals surface area contributed by atoms with E-state index in [2.05, 4.69) is 15.9 Å². The maximum absolute atomic E-state index is 11.3. The number of ether oxygens (including phenoxy) is 1. The van der Waals surface area contributed by atoms with Gasteiger partial charge < -0.3 is 4.74 Å². The third-order valence-corrected chi connectivity index (χ3v) is 2.42. The van der Waals surface area contributed by atoms with Crippen LogP contribution in [0.3, 0.4) is 0 Å². The Morgan fingerprint density at radius 3 is 2.53 bits per heavy atom. The van der Waals surface area contributed by atoms with E-state index < -0.39 is 10.9 Å². The number of non-ortho nitro benzene ring substituents is 1. The molecule has 0 saturated carbocycles. The standard InChI is InChI=1S/C11H10BrNO4/c1-2-17-11(14)10(12)7-8-3-5-9(6-4-8)13(15)16/h3-7H,2H2,1H3/b10-7-. The van der Waals surface area contributed by atoms with Crippen LogP contribution in [0.2, 0.25) is 0 Å². The first-order valence-electron chi connectivity index (χ1n) is 4.83. The van der Waals surface area contributed by atoms with Crippen molar-refractivity contribution in [3.63, 3.8) is 0 Å². The Balaban J connectivity index is 2.84. The molecular formula is C11H10BrNO4. The fourth-order valence-corrected chi connectivity index (χ4v) is 1.48. The van der Waals surface area contributed by atoms with Crippen LogP contribution < -0.4 is 0 Å². The van der Waals surface area contributed by atoms with Crippen LogP contribution in [0.5, 0.6) is 0 Å². The third kappa shape index (κ3) is 3.99. The number of carbonyl (C=O) groups excluding carboxylic acids is 1. The number of nitro groups is 1. The van der Waals surface area contributed by atoms with Gasteiger partial charge in [-0.15, -0.1) is 0 Å². The largest absolute Gasteiger partial charge is 0.462 e. The van der Waals surface area contributed by atoms with Gasteiger partial charge in [-0.1, -0.05) is 0 Å². The van der Waals surface area contributed by atoms with Gasteiger partial charge >= 0.3 is 5.97 Å². The fourth-order valence-electron chi connectivity index (χ4n) is 1.10. The number of carbonyl (C=O) groups is 1. The number of halogens is 1. The Morgan fingerprint density at radius 2 is 2.06 bits per heavy atom. The molecule has 0 aliphatic heterocycles. The quantitative estimate of drug-likeness (QED) is 0.371. The number of benzene rings is 1. The fraction of sp³-hybridized carbons (Fsp3) is 0.182. The summed E-state index contributed by atoms with van der Waals surface area (Å²) in [7, 11) is 0. The summed E-state index contributed by atoms with van der Waals surface area (Å²) in [6.07, 6.45) is 1.54. The van der Waals surface area contributed by atoms with Gasteiger partial charge in [0.15, 0.2) is 0 Å². The van der Waals surface area contributed by atoms with E-state index in [-0.39, 0.29) is 10.2 Å². The van der Waals surface area contributed by atoms with Crippen molar-refractivity contribution in [3.8, 4) is 0 Å². The van der Waals surface area contributed by atoms with Gasteiger partial charge in [0.2, 0.25) is 0 Å².